The zero-order valence-corrected chi connectivity index (χ0v) is 17.0. The molecule has 0 aliphatic heterocycles. The molecule has 3 heterocycles. The number of anilines is 1. The van der Waals surface area contributed by atoms with Gasteiger partial charge < -0.3 is 14.9 Å². The second-order valence-corrected chi connectivity index (χ2v) is 6.91. The number of fused-ring (bicyclic) bond motifs is 1. The van der Waals surface area contributed by atoms with E-state index in [1.165, 1.54) is 0 Å². The summed E-state index contributed by atoms with van der Waals surface area (Å²) in [6.07, 6.45) is 1.40. The van der Waals surface area contributed by atoms with E-state index in [2.05, 4.69) is 15.5 Å². The highest BCUT2D eigenvalue weighted by Crippen LogP contribution is 2.28. The molecule has 9 nitrogen and oxygen atoms in total. The smallest absolute Gasteiger partial charge is 0.305 e. The number of nitrogens with one attached hydrogen (secondary N) is 1. The first kappa shape index (κ1) is 20.5. The molecule has 3 rings (SSSR count). The summed E-state index contributed by atoms with van der Waals surface area (Å²) in [5.41, 5.74) is 2.95. The molecule has 154 valence electrons. The molecule has 0 atom stereocenters. The number of aliphatic carboxylic acids is 1. The zero-order valence-electron chi connectivity index (χ0n) is 17.0. The molecule has 0 bridgehead atoms. The van der Waals surface area contributed by atoms with Gasteiger partial charge in [0.1, 0.15) is 11.3 Å². The molecular weight excluding hydrogens is 374 g/mol. The molecule has 0 aromatic carbocycles. The van der Waals surface area contributed by atoms with Crippen molar-refractivity contribution in [3.8, 4) is 11.3 Å². The highest BCUT2D eigenvalue weighted by molar-refractivity contribution is 5.77. The summed E-state index contributed by atoms with van der Waals surface area (Å²) < 4.78 is 6.92. The molecule has 2 N–H and O–H groups in total. The van der Waals surface area contributed by atoms with Crippen LogP contribution in [-0.2, 0) is 4.79 Å². The van der Waals surface area contributed by atoms with E-state index in [4.69, 9.17) is 14.6 Å². The van der Waals surface area contributed by atoms with Crippen molar-refractivity contribution < 1.29 is 14.4 Å². The highest BCUT2D eigenvalue weighted by atomic mass is 16.5. The van der Waals surface area contributed by atoms with Crippen LogP contribution in [0.4, 0.5) is 5.82 Å². The molecule has 29 heavy (non-hydrogen) atoms. The summed E-state index contributed by atoms with van der Waals surface area (Å²) in [4.78, 5) is 33.1. The Morgan fingerprint density at radius 3 is 2.55 bits per heavy atom. The highest BCUT2D eigenvalue weighted by Gasteiger charge is 2.20. The minimum Gasteiger partial charge on any atom is -0.481 e. The zero-order chi connectivity index (χ0) is 21.1. The Morgan fingerprint density at radius 2 is 1.97 bits per heavy atom. The van der Waals surface area contributed by atoms with Crippen LogP contribution in [0.3, 0.4) is 0 Å². The van der Waals surface area contributed by atoms with Gasteiger partial charge >= 0.3 is 5.97 Å². The van der Waals surface area contributed by atoms with Crippen molar-refractivity contribution in [2.75, 3.05) is 11.9 Å². The lowest BCUT2D eigenvalue weighted by molar-refractivity contribution is -0.136. The van der Waals surface area contributed by atoms with Crippen LogP contribution in [0.25, 0.3) is 22.4 Å². The van der Waals surface area contributed by atoms with E-state index in [0.717, 1.165) is 24.1 Å². The third-order valence-corrected chi connectivity index (χ3v) is 4.96. The molecule has 0 spiro atoms. The van der Waals surface area contributed by atoms with Crippen molar-refractivity contribution in [2.24, 2.45) is 0 Å². The van der Waals surface area contributed by atoms with Gasteiger partial charge in [-0.05, 0) is 38.8 Å². The number of hydrogen-bond acceptors (Lipinski definition) is 7. The number of nitrogens with zero attached hydrogens (tertiary/aromatic N) is 4. The number of pyridine rings is 1. The first-order chi connectivity index (χ1) is 13.9. The number of hydrogen-bond donors (Lipinski definition) is 2. The summed E-state index contributed by atoms with van der Waals surface area (Å²) in [5.74, 6) is -0.146. The van der Waals surface area contributed by atoms with Crippen LogP contribution in [0.15, 0.2) is 21.5 Å². The fourth-order valence-electron chi connectivity index (χ4n) is 3.47. The average molecular weight is 399 g/mol. The van der Waals surface area contributed by atoms with E-state index in [1.807, 2.05) is 39.8 Å². The van der Waals surface area contributed by atoms with Gasteiger partial charge in [-0.15, -0.1) is 0 Å². The summed E-state index contributed by atoms with van der Waals surface area (Å²) in [6.45, 7) is 7.82. The fraction of sp³-hybridized carbons (Fsp3) is 0.450. The normalized spacial score (nSPS) is 11.3. The van der Waals surface area contributed by atoms with Gasteiger partial charge in [0.15, 0.2) is 11.5 Å². The van der Waals surface area contributed by atoms with Gasteiger partial charge in [-0.3, -0.25) is 14.2 Å². The Balaban J connectivity index is 2.20. The van der Waals surface area contributed by atoms with Crippen molar-refractivity contribution in [1.29, 1.82) is 0 Å². The van der Waals surface area contributed by atoms with Crippen molar-refractivity contribution in [2.45, 2.75) is 53.0 Å². The van der Waals surface area contributed by atoms with E-state index >= 15 is 0 Å². The molecule has 0 saturated carbocycles. The Hall–Kier alpha value is -3.23. The summed E-state index contributed by atoms with van der Waals surface area (Å²) in [6, 6.07) is 3.58. The number of aromatic nitrogens is 4. The number of carbonyl (C=O) groups is 1. The lowest BCUT2D eigenvalue weighted by Gasteiger charge is -2.20. The summed E-state index contributed by atoms with van der Waals surface area (Å²) in [7, 11) is 0. The van der Waals surface area contributed by atoms with Crippen molar-refractivity contribution in [3.05, 3.63) is 33.9 Å². The number of carboxylic acids is 1. The van der Waals surface area contributed by atoms with E-state index in [0.29, 0.717) is 22.6 Å². The van der Waals surface area contributed by atoms with Gasteiger partial charge in [-0.2, -0.15) is 0 Å². The molecule has 0 aliphatic rings. The maximum absolute atomic E-state index is 13.2. The molecule has 0 amide bonds. The first-order valence-corrected chi connectivity index (χ1v) is 9.69. The van der Waals surface area contributed by atoms with Gasteiger partial charge in [0.25, 0.3) is 5.56 Å². The maximum Gasteiger partial charge on any atom is 0.305 e. The van der Waals surface area contributed by atoms with E-state index in [-0.39, 0.29) is 30.4 Å². The minimum atomic E-state index is -0.940. The standard InChI is InChI=1S/C20H25N5O4/c1-5-13(6-2)25-19-15(22-18(20(25)28)21-10-9-16(26)27)8-7-14(23-19)17-11(3)24-29-12(17)4/h7-8,13H,5-6,9-10H2,1-4H3,(H,21,22)(H,26,27). The molecular formula is C20H25N5O4. The van der Waals surface area contributed by atoms with Gasteiger partial charge in [-0.1, -0.05) is 19.0 Å². The van der Waals surface area contributed by atoms with Crippen LogP contribution >= 0.6 is 0 Å². The average Bonchev–Trinajstić information content (AvgIpc) is 3.02. The van der Waals surface area contributed by atoms with Crippen LogP contribution in [0.1, 0.15) is 50.6 Å². The summed E-state index contributed by atoms with van der Waals surface area (Å²) in [5, 5.41) is 15.7. The van der Waals surface area contributed by atoms with E-state index in [1.54, 1.807) is 4.57 Å². The second-order valence-electron chi connectivity index (χ2n) is 6.91. The molecule has 9 heteroatoms. The van der Waals surface area contributed by atoms with Crippen molar-refractivity contribution in [1.82, 2.24) is 19.7 Å². The van der Waals surface area contributed by atoms with Gasteiger partial charge in [0.05, 0.1) is 23.4 Å². The Morgan fingerprint density at radius 1 is 1.24 bits per heavy atom. The van der Waals surface area contributed by atoms with Crippen LogP contribution in [0.2, 0.25) is 0 Å². The lowest BCUT2D eigenvalue weighted by Crippen LogP contribution is -2.29. The number of aryl methyl sites for hydroxylation is 2. The molecule has 0 fully saturated rings. The van der Waals surface area contributed by atoms with Crippen LogP contribution in [0.5, 0.6) is 0 Å². The third-order valence-electron chi connectivity index (χ3n) is 4.96. The first-order valence-electron chi connectivity index (χ1n) is 9.69. The molecule has 3 aromatic heterocycles. The minimum absolute atomic E-state index is 0.0551. The second kappa shape index (κ2) is 8.42. The predicted octanol–water partition coefficient (Wildman–Crippen LogP) is 3.31. The van der Waals surface area contributed by atoms with Gasteiger partial charge in [0.2, 0.25) is 0 Å². The van der Waals surface area contributed by atoms with E-state index < -0.39 is 5.97 Å². The van der Waals surface area contributed by atoms with Crippen LogP contribution in [0, 0.1) is 13.8 Å². The van der Waals surface area contributed by atoms with Gasteiger partial charge in [-0.25, -0.2) is 9.97 Å². The van der Waals surface area contributed by atoms with Crippen molar-refractivity contribution >= 4 is 23.0 Å². The monoisotopic (exact) mass is 399 g/mol. The molecule has 3 aromatic rings. The quantitative estimate of drug-likeness (QED) is 0.591. The topological polar surface area (TPSA) is 123 Å². The fourth-order valence-corrected chi connectivity index (χ4v) is 3.47. The third kappa shape index (κ3) is 3.98. The molecule has 0 saturated heterocycles. The number of rotatable bonds is 8. The predicted molar refractivity (Wildman–Crippen MR) is 109 cm³/mol. The van der Waals surface area contributed by atoms with Crippen LogP contribution < -0.4 is 10.9 Å². The Bertz CT molecular complexity index is 1080. The summed E-state index contributed by atoms with van der Waals surface area (Å²) >= 11 is 0. The van der Waals surface area contributed by atoms with Crippen molar-refractivity contribution in [3.63, 3.8) is 0 Å². The largest absolute Gasteiger partial charge is 0.481 e. The molecule has 0 unspecified atom stereocenters. The SMILES string of the molecule is CCC(CC)n1c(=O)c(NCCC(=O)O)nc2ccc(-c3c(C)noc3C)nc21. The Kier molecular flexibility index (Phi) is 5.95. The maximum atomic E-state index is 13.2. The molecule has 0 radical (unpaired) electrons. The van der Waals surface area contributed by atoms with Gasteiger partial charge in [0, 0.05) is 12.6 Å². The lowest BCUT2D eigenvalue weighted by atomic mass is 10.1. The molecule has 0 aliphatic carbocycles. The Labute approximate surface area is 167 Å². The number of carboxylic acid groups (broad SMARTS) is 1. The van der Waals surface area contributed by atoms with E-state index in [9.17, 15) is 9.59 Å². The van der Waals surface area contributed by atoms with Crippen LogP contribution in [-0.4, -0.2) is 37.3 Å².